The van der Waals surface area contributed by atoms with E-state index >= 15 is 0 Å². The molecule has 0 saturated heterocycles. The molecule has 11 heavy (non-hydrogen) atoms. The second kappa shape index (κ2) is 7.14. The number of carbonyl (C=O) groups excluding carboxylic acids is 1. The highest BCUT2D eigenvalue weighted by Gasteiger charge is 1.94. The standard InChI is InChI=1S/C9H14O2/c1-3-5-6-7-8-11-9(10)4-2/h2H,3,5-8H2,1H3. The Morgan fingerprint density at radius 2 is 2.18 bits per heavy atom. The molecule has 0 heterocycles. The van der Waals surface area contributed by atoms with Crippen LogP contribution in [0, 0.1) is 12.3 Å². The lowest BCUT2D eigenvalue weighted by Crippen LogP contribution is -2.01. The molecule has 0 unspecified atom stereocenters. The third kappa shape index (κ3) is 6.92. The van der Waals surface area contributed by atoms with Crippen LogP contribution in [0.2, 0.25) is 0 Å². The molecule has 0 spiro atoms. The molecule has 0 aromatic heterocycles. The van der Waals surface area contributed by atoms with Gasteiger partial charge in [0.25, 0.3) is 0 Å². The lowest BCUT2D eigenvalue weighted by Gasteiger charge is -1.98. The maximum Gasteiger partial charge on any atom is 0.384 e. The van der Waals surface area contributed by atoms with Crippen LogP contribution < -0.4 is 0 Å². The van der Waals surface area contributed by atoms with E-state index in [-0.39, 0.29) is 0 Å². The predicted octanol–water partition coefficient (Wildman–Crippen LogP) is 1.74. The zero-order valence-electron chi connectivity index (χ0n) is 6.93. The molecule has 0 aromatic rings. The normalized spacial score (nSPS) is 8.73. The van der Waals surface area contributed by atoms with Gasteiger partial charge in [-0.1, -0.05) is 26.2 Å². The minimum atomic E-state index is -0.554. The Labute approximate surface area is 67.9 Å². The predicted molar refractivity (Wildman–Crippen MR) is 43.9 cm³/mol. The van der Waals surface area contributed by atoms with Gasteiger partial charge in [0.2, 0.25) is 0 Å². The van der Waals surface area contributed by atoms with Crippen molar-refractivity contribution in [3.8, 4) is 12.3 Å². The molecule has 0 aliphatic carbocycles. The first-order valence-corrected chi connectivity index (χ1v) is 3.94. The zero-order chi connectivity index (χ0) is 8.53. The van der Waals surface area contributed by atoms with E-state index in [9.17, 15) is 4.79 Å². The van der Waals surface area contributed by atoms with Gasteiger partial charge in [-0.2, -0.15) is 0 Å². The molecule has 2 heteroatoms. The molecule has 62 valence electrons. The Bertz CT molecular complexity index is 144. The molecule has 0 fully saturated rings. The number of unbranched alkanes of at least 4 members (excludes halogenated alkanes) is 3. The van der Waals surface area contributed by atoms with E-state index < -0.39 is 5.97 Å². The Kier molecular flexibility index (Phi) is 6.51. The van der Waals surface area contributed by atoms with Gasteiger partial charge < -0.3 is 4.74 Å². The van der Waals surface area contributed by atoms with Gasteiger partial charge in [0, 0.05) is 5.92 Å². The fraction of sp³-hybridized carbons (Fsp3) is 0.667. The second-order valence-corrected chi connectivity index (χ2v) is 2.34. The summed E-state index contributed by atoms with van der Waals surface area (Å²) >= 11 is 0. The molecular weight excluding hydrogens is 140 g/mol. The summed E-state index contributed by atoms with van der Waals surface area (Å²) in [6.07, 6.45) is 9.18. The van der Waals surface area contributed by atoms with Gasteiger partial charge in [-0.05, 0) is 6.42 Å². The van der Waals surface area contributed by atoms with E-state index in [1.54, 1.807) is 0 Å². The van der Waals surface area contributed by atoms with Crippen LogP contribution >= 0.6 is 0 Å². The topological polar surface area (TPSA) is 26.3 Å². The monoisotopic (exact) mass is 154 g/mol. The van der Waals surface area contributed by atoms with E-state index in [1.165, 1.54) is 12.8 Å². The SMILES string of the molecule is C#CC(=O)OCCCCCC. The Hall–Kier alpha value is -0.970. The summed E-state index contributed by atoms with van der Waals surface area (Å²) in [6, 6.07) is 0. The van der Waals surface area contributed by atoms with E-state index in [2.05, 4.69) is 11.7 Å². The lowest BCUT2D eigenvalue weighted by molar-refractivity contribution is -0.136. The number of rotatable bonds is 5. The molecular formula is C9H14O2. The van der Waals surface area contributed by atoms with Crippen LogP contribution in [-0.2, 0) is 9.53 Å². The third-order valence-electron chi connectivity index (χ3n) is 1.35. The highest BCUT2D eigenvalue weighted by molar-refractivity contribution is 5.87. The lowest BCUT2D eigenvalue weighted by atomic mass is 10.2. The summed E-state index contributed by atoms with van der Waals surface area (Å²) in [5.41, 5.74) is 0. The number of esters is 1. The number of terminal acetylenes is 1. The van der Waals surface area contributed by atoms with Crippen molar-refractivity contribution in [1.82, 2.24) is 0 Å². The van der Waals surface area contributed by atoms with Crippen LogP contribution in [0.4, 0.5) is 0 Å². The van der Waals surface area contributed by atoms with Gasteiger partial charge in [0.15, 0.2) is 0 Å². The summed E-state index contributed by atoms with van der Waals surface area (Å²) in [6.45, 7) is 2.59. The Balaban J connectivity index is 3.03. The quantitative estimate of drug-likeness (QED) is 0.261. The van der Waals surface area contributed by atoms with E-state index in [0.29, 0.717) is 6.61 Å². The van der Waals surface area contributed by atoms with Crippen molar-refractivity contribution in [3.05, 3.63) is 0 Å². The van der Waals surface area contributed by atoms with Crippen molar-refractivity contribution in [2.75, 3.05) is 6.61 Å². The third-order valence-corrected chi connectivity index (χ3v) is 1.35. The van der Waals surface area contributed by atoms with Crippen LogP contribution in [0.15, 0.2) is 0 Å². The van der Waals surface area contributed by atoms with Crippen molar-refractivity contribution in [3.63, 3.8) is 0 Å². The van der Waals surface area contributed by atoms with Crippen molar-refractivity contribution in [1.29, 1.82) is 0 Å². The number of carbonyl (C=O) groups is 1. The molecule has 2 nitrogen and oxygen atoms in total. The van der Waals surface area contributed by atoms with Crippen molar-refractivity contribution >= 4 is 5.97 Å². The first-order valence-electron chi connectivity index (χ1n) is 3.94. The highest BCUT2D eigenvalue weighted by Crippen LogP contribution is 1.98. The van der Waals surface area contributed by atoms with Crippen LogP contribution in [0.1, 0.15) is 32.6 Å². The summed E-state index contributed by atoms with van der Waals surface area (Å²) in [7, 11) is 0. The van der Waals surface area contributed by atoms with Gasteiger partial charge in [-0.25, -0.2) is 4.79 Å². The van der Waals surface area contributed by atoms with Gasteiger partial charge in [0.05, 0.1) is 6.61 Å². The number of ether oxygens (including phenoxy) is 1. The minimum Gasteiger partial charge on any atom is -0.456 e. The van der Waals surface area contributed by atoms with E-state index in [1.807, 2.05) is 5.92 Å². The molecule has 0 aliphatic rings. The molecule has 0 aliphatic heterocycles. The molecule has 0 rings (SSSR count). The number of hydrogen-bond donors (Lipinski definition) is 0. The van der Waals surface area contributed by atoms with Gasteiger partial charge in [-0.3, -0.25) is 0 Å². The van der Waals surface area contributed by atoms with Crippen molar-refractivity contribution in [2.45, 2.75) is 32.6 Å². The fourth-order valence-electron chi connectivity index (χ4n) is 0.735. The molecule has 0 bridgehead atoms. The molecule has 0 N–H and O–H groups in total. The van der Waals surface area contributed by atoms with Gasteiger partial charge >= 0.3 is 5.97 Å². The molecule has 0 amide bonds. The Morgan fingerprint density at radius 3 is 2.73 bits per heavy atom. The van der Waals surface area contributed by atoms with Crippen LogP contribution in [0.3, 0.4) is 0 Å². The first-order chi connectivity index (χ1) is 5.31. The van der Waals surface area contributed by atoms with Crippen LogP contribution in [0.25, 0.3) is 0 Å². The summed E-state index contributed by atoms with van der Waals surface area (Å²) in [4.78, 5) is 10.4. The molecule has 0 radical (unpaired) electrons. The second-order valence-electron chi connectivity index (χ2n) is 2.34. The zero-order valence-corrected chi connectivity index (χ0v) is 6.93. The summed E-state index contributed by atoms with van der Waals surface area (Å²) < 4.78 is 4.66. The average Bonchev–Trinajstić information content (AvgIpc) is 2.04. The molecule has 0 aromatic carbocycles. The maximum atomic E-state index is 10.4. The smallest absolute Gasteiger partial charge is 0.384 e. The largest absolute Gasteiger partial charge is 0.456 e. The van der Waals surface area contributed by atoms with E-state index in [4.69, 9.17) is 6.42 Å². The fourth-order valence-corrected chi connectivity index (χ4v) is 0.735. The summed E-state index contributed by atoms with van der Waals surface area (Å²) in [5.74, 6) is 1.34. The van der Waals surface area contributed by atoms with Gasteiger partial charge in [-0.15, -0.1) is 6.42 Å². The highest BCUT2D eigenvalue weighted by atomic mass is 16.5. The van der Waals surface area contributed by atoms with Crippen molar-refractivity contribution in [2.24, 2.45) is 0 Å². The maximum absolute atomic E-state index is 10.4. The summed E-state index contributed by atoms with van der Waals surface area (Å²) in [5, 5.41) is 0. The van der Waals surface area contributed by atoms with Crippen LogP contribution in [0.5, 0.6) is 0 Å². The van der Waals surface area contributed by atoms with Crippen LogP contribution in [-0.4, -0.2) is 12.6 Å². The number of hydrogen-bond acceptors (Lipinski definition) is 2. The Morgan fingerprint density at radius 1 is 1.45 bits per heavy atom. The first kappa shape index (κ1) is 10.0. The molecule has 0 saturated carbocycles. The van der Waals surface area contributed by atoms with Gasteiger partial charge in [0.1, 0.15) is 0 Å². The average molecular weight is 154 g/mol. The minimum absolute atomic E-state index is 0.461. The van der Waals surface area contributed by atoms with Crippen molar-refractivity contribution < 1.29 is 9.53 Å². The molecule has 0 atom stereocenters. The van der Waals surface area contributed by atoms with E-state index in [0.717, 1.165) is 12.8 Å².